The molecule has 0 radical (unpaired) electrons. The maximum Gasteiger partial charge on any atom is 0.271 e. The highest BCUT2D eigenvalue weighted by Gasteiger charge is 2.23. The van der Waals surface area contributed by atoms with Gasteiger partial charge in [-0.25, -0.2) is 9.97 Å². The second-order valence-electron chi connectivity index (χ2n) is 6.05. The van der Waals surface area contributed by atoms with Crippen LogP contribution in [0.1, 0.15) is 48.1 Å². The summed E-state index contributed by atoms with van der Waals surface area (Å²) in [5, 5.41) is 5.94. The molecule has 3 heterocycles. The van der Waals surface area contributed by atoms with Gasteiger partial charge in [-0.2, -0.15) is 0 Å². The highest BCUT2D eigenvalue weighted by atomic mass is 32.1. The molecule has 2 aromatic rings. The van der Waals surface area contributed by atoms with Crippen LogP contribution < -0.4 is 10.2 Å². The molecule has 23 heavy (non-hydrogen) atoms. The number of aromatic nitrogens is 3. The van der Waals surface area contributed by atoms with Gasteiger partial charge in [0.25, 0.3) is 5.91 Å². The third-order valence-electron chi connectivity index (χ3n) is 3.88. The molecular weight excluding hydrogens is 310 g/mol. The van der Waals surface area contributed by atoms with Crippen molar-refractivity contribution in [2.75, 3.05) is 18.0 Å². The van der Waals surface area contributed by atoms with Gasteiger partial charge in [0.15, 0.2) is 0 Å². The van der Waals surface area contributed by atoms with Crippen molar-refractivity contribution in [3.8, 4) is 0 Å². The summed E-state index contributed by atoms with van der Waals surface area (Å²) in [5.74, 6) is 1.13. The largest absolute Gasteiger partial charge is 0.353 e. The first-order valence-electron chi connectivity index (χ1n) is 7.90. The molecule has 122 valence electrons. The summed E-state index contributed by atoms with van der Waals surface area (Å²) in [6.45, 7) is 5.87. The molecule has 7 heteroatoms. The van der Waals surface area contributed by atoms with Crippen molar-refractivity contribution in [1.82, 2.24) is 20.3 Å². The lowest BCUT2D eigenvalue weighted by Crippen LogP contribution is -2.48. The smallest absolute Gasteiger partial charge is 0.271 e. The number of nitrogens with zero attached hydrogens (tertiary/aromatic N) is 4. The van der Waals surface area contributed by atoms with Crippen LogP contribution in [0.5, 0.6) is 0 Å². The molecule has 0 aromatic carbocycles. The normalized spacial score (nSPS) is 18.2. The summed E-state index contributed by atoms with van der Waals surface area (Å²) in [6.07, 6.45) is 7.13. The average Bonchev–Trinajstić information content (AvgIpc) is 3.06. The van der Waals surface area contributed by atoms with E-state index >= 15 is 0 Å². The fourth-order valence-electron chi connectivity index (χ4n) is 2.67. The summed E-state index contributed by atoms with van der Waals surface area (Å²) >= 11 is 1.54. The topological polar surface area (TPSA) is 71.0 Å². The Balaban J connectivity index is 1.62. The van der Waals surface area contributed by atoms with Crippen molar-refractivity contribution in [3.05, 3.63) is 34.7 Å². The number of hydrogen-bond donors (Lipinski definition) is 1. The second-order valence-corrected chi connectivity index (χ2v) is 6.94. The lowest BCUT2D eigenvalue weighted by molar-refractivity contribution is 0.0928. The van der Waals surface area contributed by atoms with E-state index in [0.717, 1.165) is 36.8 Å². The Morgan fingerprint density at radius 2 is 2.30 bits per heavy atom. The van der Waals surface area contributed by atoms with E-state index in [1.165, 1.54) is 0 Å². The molecule has 0 bridgehead atoms. The number of carbonyl (C=O) groups excluding carboxylic acids is 1. The molecule has 1 atom stereocenters. The Bertz CT molecular complexity index is 658. The molecule has 1 N–H and O–H groups in total. The first kappa shape index (κ1) is 15.9. The first-order chi connectivity index (χ1) is 11.1. The van der Waals surface area contributed by atoms with E-state index in [0.29, 0.717) is 11.6 Å². The van der Waals surface area contributed by atoms with E-state index in [9.17, 15) is 4.79 Å². The molecule has 3 rings (SSSR count). The van der Waals surface area contributed by atoms with Gasteiger partial charge >= 0.3 is 0 Å². The van der Waals surface area contributed by atoms with Crippen LogP contribution in [0.15, 0.2) is 24.0 Å². The first-order valence-corrected chi connectivity index (χ1v) is 8.78. The third-order valence-corrected chi connectivity index (χ3v) is 5.02. The number of rotatable bonds is 4. The molecule has 0 aliphatic carbocycles. The van der Waals surface area contributed by atoms with E-state index in [1.54, 1.807) is 29.9 Å². The standard InChI is InChI=1S/C16H21N5OS/c1-11(2)16-20-13(10-23-16)15(22)19-12-4-3-7-21(9-12)14-8-17-5-6-18-14/h5-6,8,10-12H,3-4,7,9H2,1-2H3,(H,19,22). The minimum Gasteiger partial charge on any atom is -0.353 e. The SMILES string of the molecule is CC(C)c1nc(C(=O)NC2CCCN(c3cnccn3)C2)cs1. The average molecular weight is 331 g/mol. The summed E-state index contributed by atoms with van der Waals surface area (Å²) in [6, 6.07) is 0.113. The molecule has 6 nitrogen and oxygen atoms in total. The Morgan fingerprint density at radius 1 is 1.43 bits per heavy atom. The molecule has 1 amide bonds. The van der Waals surface area contributed by atoms with E-state index in [4.69, 9.17) is 0 Å². The molecule has 1 saturated heterocycles. The van der Waals surface area contributed by atoms with E-state index < -0.39 is 0 Å². The zero-order valence-corrected chi connectivity index (χ0v) is 14.2. The Kier molecular flexibility index (Phi) is 4.85. The lowest BCUT2D eigenvalue weighted by atomic mass is 10.1. The Morgan fingerprint density at radius 3 is 3.00 bits per heavy atom. The van der Waals surface area contributed by atoms with E-state index in [2.05, 4.69) is 39.0 Å². The van der Waals surface area contributed by atoms with Gasteiger partial charge in [0.1, 0.15) is 11.5 Å². The van der Waals surface area contributed by atoms with Gasteiger partial charge in [0.05, 0.1) is 11.2 Å². The maximum absolute atomic E-state index is 12.4. The van der Waals surface area contributed by atoms with Gasteiger partial charge in [0, 0.05) is 42.8 Å². The van der Waals surface area contributed by atoms with Gasteiger partial charge in [-0.1, -0.05) is 13.8 Å². The van der Waals surface area contributed by atoms with Crippen molar-refractivity contribution in [2.24, 2.45) is 0 Å². The van der Waals surface area contributed by atoms with Crippen molar-refractivity contribution >= 4 is 23.1 Å². The molecular formula is C16H21N5OS. The Hall–Kier alpha value is -2.02. The minimum atomic E-state index is -0.0841. The van der Waals surface area contributed by atoms with Gasteiger partial charge < -0.3 is 10.2 Å². The van der Waals surface area contributed by atoms with E-state index in [1.807, 2.05) is 5.38 Å². The third kappa shape index (κ3) is 3.85. The monoisotopic (exact) mass is 331 g/mol. The molecule has 1 aliphatic rings. The fourth-order valence-corrected chi connectivity index (χ4v) is 3.49. The molecule has 0 saturated carbocycles. The van der Waals surface area contributed by atoms with Crippen LogP contribution in [0, 0.1) is 0 Å². The summed E-state index contributed by atoms with van der Waals surface area (Å²) in [7, 11) is 0. The van der Waals surface area contributed by atoms with Gasteiger partial charge in [-0.05, 0) is 12.8 Å². The van der Waals surface area contributed by atoms with Crippen LogP contribution >= 0.6 is 11.3 Å². The van der Waals surface area contributed by atoms with E-state index in [-0.39, 0.29) is 11.9 Å². The van der Waals surface area contributed by atoms with Gasteiger partial charge in [-0.3, -0.25) is 9.78 Å². The zero-order valence-electron chi connectivity index (χ0n) is 13.4. The fraction of sp³-hybridized carbons (Fsp3) is 0.500. The minimum absolute atomic E-state index is 0.0841. The Labute approximate surface area is 140 Å². The molecule has 1 aliphatic heterocycles. The van der Waals surface area contributed by atoms with Gasteiger partial charge in [-0.15, -0.1) is 11.3 Å². The van der Waals surface area contributed by atoms with Crippen LogP contribution in [-0.2, 0) is 0 Å². The number of piperidine rings is 1. The highest BCUT2D eigenvalue weighted by molar-refractivity contribution is 7.09. The van der Waals surface area contributed by atoms with Crippen LogP contribution in [0.2, 0.25) is 0 Å². The number of carbonyl (C=O) groups is 1. The van der Waals surface area contributed by atoms with Crippen molar-refractivity contribution in [2.45, 2.75) is 38.6 Å². The van der Waals surface area contributed by atoms with Crippen LogP contribution in [0.3, 0.4) is 0 Å². The molecule has 0 spiro atoms. The number of amides is 1. The highest BCUT2D eigenvalue weighted by Crippen LogP contribution is 2.20. The number of thiazole rings is 1. The van der Waals surface area contributed by atoms with Crippen molar-refractivity contribution < 1.29 is 4.79 Å². The van der Waals surface area contributed by atoms with Crippen LogP contribution in [0.25, 0.3) is 0 Å². The number of hydrogen-bond acceptors (Lipinski definition) is 6. The summed E-state index contributed by atoms with van der Waals surface area (Å²) in [5.41, 5.74) is 0.523. The summed E-state index contributed by atoms with van der Waals surface area (Å²) in [4.78, 5) is 27.4. The molecule has 1 unspecified atom stereocenters. The zero-order chi connectivity index (χ0) is 16.2. The maximum atomic E-state index is 12.4. The second kappa shape index (κ2) is 7.04. The predicted octanol–water partition coefficient (Wildman–Crippen LogP) is 2.46. The molecule has 2 aromatic heterocycles. The van der Waals surface area contributed by atoms with Crippen LogP contribution in [-0.4, -0.2) is 40.0 Å². The van der Waals surface area contributed by atoms with Gasteiger partial charge in [0.2, 0.25) is 0 Å². The van der Waals surface area contributed by atoms with Crippen molar-refractivity contribution in [1.29, 1.82) is 0 Å². The quantitative estimate of drug-likeness (QED) is 0.932. The summed E-state index contributed by atoms with van der Waals surface area (Å²) < 4.78 is 0. The van der Waals surface area contributed by atoms with Crippen molar-refractivity contribution in [3.63, 3.8) is 0 Å². The lowest BCUT2D eigenvalue weighted by Gasteiger charge is -2.33. The predicted molar refractivity (Wildman–Crippen MR) is 90.9 cm³/mol. The molecule has 1 fully saturated rings. The number of nitrogens with one attached hydrogen (secondary N) is 1. The number of anilines is 1. The van der Waals surface area contributed by atoms with Crippen LogP contribution in [0.4, 0.5) is 5.82 Å².